The molecule has 3 rings (SSSR count). The zero-order chi connectivity index (χ0) is 22.6. The van der Waals surface area contributed by atoms with E-state index < -0.39 is 29.4 Å². The lowest BCUT2D eigenvalue weighted by Crippen LogP contribution is -2.43. The van der Waals surface area contributed by atoms with Crippen molar-refractivity contribution in [2.45, 2.75) is 25.9 Å². The number of benzene rings is 2. The summed E-state index contributed by atoms with van der Waals surface area (Å²) in [5.41, 5.74) is -0.671. The van der Waals surface area contributed by atoms with Gasteiger partial charge in [0.15, 0.2) is 0 Å². The number of urea groups is 1. The first-order valence-electron chi connectivity index (χ1n) is 9.93. The van der Waals surface area contributed by atoms with Gasteiger partial charge in [0.1, 0.15) is 5.82 Å². The molecule has 2 aromatic rings. The molecule has 0 aromatic heterocycles. The molecule has 9 heteroatoms. The van der Waals surface area contributed by atoms with Crippen molar-refractivity contribution in [3.05, 3.63) is 59.9 Å². The molecule has 0 spiro atoms. The maximum Gasteiger partial charge on any atom is 0.418 e. The van der Waals surface area contributed by atoms with Crippen LogP contribution in [0.25, 0.3) is 0 Å². The second-order valence-electron chi connectivity index (χ2n) is 7.58. The van der Waals surface area contributed by atoms with Crippen LogP contribution in [0.4, 0.5) is 33.7 Å². The number of carbonyl (C=O) groups excluding carboxylic acids is 2. The molecule has 1 aliphatic heterocycles. The van der Waals surface area contributed by atoms with Gasteiger partial charge in [0.25, 0.3) is 0 Å². The van der Waals surface area contributed by atoms with E-state index in [-0.39, 0.29) is 17.6 Å². The van der Waals surface area contributed by atoms with Crippen molar-refractivity contribution in [3.8, 4) is 0 Å². The van der Waals surface area contributed by atoms with Crippen LogP contribution in [-0.2, 0) is 11.0 Å². The van der Waals surface area contributed by atoms with Gasteiger partial charge in [-0.2, -0.15) is 13.2 Å². The van der Waals surface area contributed by atoms with Crippen molar-refractivity contribution in [2.24, 2.45) is 11.8 Å². The van der Waals surface area contributed by atoms with E-state index in [1.807, 2.05) is 0 Å². The summed E-state index contributed by atoms with van der Waals surface area (Å²) >= 11 is 0. The Balaban J connectivity index is 1.54. The number of nitrogens with zero attached hydrogens (tertiary/aromatic N) is 1. The normalized spacial score (nSPS) is 16.0. The van der Waals surface area contributed by atoms with Gasteiger partial charge in [0, 0.05) is 24.7 Å². The van der Waals surface area contributed by atoms with Crippen LogP contribution in [0.15, 0.2) is 48.5 Å². The standard InChI is InChI=1S/C22H23F4N3O2/c1-14(20(30)28-19-5-3-2-4-18(19)22(24,25)26)15-10-12-29(13-11-15)21(31)27-17-8-6-16(23)7-9-17/h2-9,14-15H,10-13H2,1H3,(H,27,31)(H,28,30). The lowest BCUT2D eigenvalue weighted by molar-refractivity contribution is -0.137. The summed E-state index contributed by atoms with van der Waals surface area (Å²) in [5, 5.41) is 5.10. The highest BCUT2D eigenvalue weighted by molar-refractivity contribution is 5.93. The van der Waals surface area contributed by atoms with E-state index in [0.717, 1.165) is 6.07 Å². The number of piperidine rings is 1. The van der Waals surface area contributed by atoms with Crippen LogP contribution in [0, 0.1) is 17.7 Å². The third-order valence-corrected chi connectivity index (χ3v) is 5.53. The van der Waals surface area contributed by atoms with Gasteiger partial charge in [-0.15, -0.1) is 0 Å². The minimum absolute atomic E-state index is 0.0621. The summed E-state index contributed by atoms with van der Waals surface area (Å²) in [6.45, 7) is 2.51. The molecule has 2 aromatic carbocycles. The number of para-hydroxylation sites is 1. The molecular formula is C22H23F4N3O2. The predicted octanol–water partition coefficient (Wildman–Crippen LogP) is 5.36. The monoisotopic (exact) mass is 437 g/mol. The summed E-state index contributed by atoms with van der Waals surface area (Å²) in [7, 11) is 0. The maximum absolute atomic E-state index is 13.1. The Morgan fingerprint density at radius 3 is 2.23 bits per heavy atom. The Labute approximate surface area is 177 Å². The van der Waals surface area contributed by atoms with Gasteiger partial charge in [0.05, 0.1) is 11.3 Å². The minimum atomic E-state index is -4.56. The molecule has 1 fully saturated rings. The Kier molecular flexibility index (Phi) is 6.82. The fraction of sp³-hybridized carbons (Fsp3) is 0.364. The van der Waals surface area contributed by atoms with Crippen molar-refractivity contribution in [3.63, 3.8) is 0 Å². The summed E-state index contributed by atoms with van der Waals surface area (Å²) in [6.07, 6.45) is -3.46. The predicted molar refractivity (Wildman–Crippen MR) is 109 cm³/mol. The van der Waals surface area contributed by atoms with E-state index in [0.29, 0.717) is 31.6 Å². The quantitative estimate of drug-likeness (QED) is 0.633. The van der Waals surface area contributed by atoms with E-state index in [2.05, 4.69) is 10.6 Å². The summed E-state index contributed by atoms with van der Waals surface area (Å²) in [6, 6.07) is 9.98. The first-order chi connectivity index (χ1) is 14.6. The fourth-order valence-electron chi connectivity index (χ4n) is 3.64. The van der Waals surface area contributed by atoms with Gasteiger partial charge in [-0.25, -0.2) is 9.18 Å². The SMILES string of the molecule is CC(C(=O)Nc1ccccc1C(F)(F)F)C1CCN(C(=O)Nc2ccc(F)cc2)CC1. The maximum atomic E-state index is 13.1. The average molecular weight is 437 g/mol. The lowest BCUT2D eigenvalue weighted by Gasteiger charge is -2.34. The molecule has 2 N–H and O–H groups in total. The van der Waals surface area contributed by atoms with Crippen molar-refractivity contribution in [2.75, 3.05) is 23.7 Å². The van der Waals surface area contributed by atoms with Crippen molar-refractivity contribution in [1.82, 2.24) is 4.90 Å². The highest BCUT2D eigenvalue weighted by atomic mass is 19.4. The number of hydrogen-bond acceptors (Lipinski definition) is 2. The Morgan fingerprint density at radius 2 is 1.61 bits per heavy atom. The van der Waals surface area contributed by atoms with Gasteiger partial charge in [0.2, 0.25) is 5.91 Å². The third-order valence-electron chi connectivity index (χ3n) is 5.53. The zero-order valence-electron chi connectivity index (χ0n) is 16.9. The molecule has 1 saturated heterocycles. The largest absolute Gasteiger partial charge is 0.418 e. The number of hydrogen-bond donors (Lipinski definition) is 2. The minimum Gasteiger partial charge on any atom is -0.325 e. The molecular weight excluding hydrogens is 414 g/mol. The molecule has 31 heavy (non-hydrogen) atoms. The molecule has 1 aliphatic rings. The Hall–Kier alpha value is -3.10. The smallest absolute Gasteiger partial charge is 0.325 e. The lowest BCUT2D eigenvalue weighted by atomic mass is 9.85. The Bertz CT molecular complexity index is 923. The van der Waals surface area contributed by atoms with Gasteiger partial charge in [-0.1, -0.05) is 19.1 Å². The molecule has 5 nitrogen and oxygen atoms in total. The molecule has 0 radical (unpaired) electrons. The molecule has 1 heterocycles. The first-order valence-corrected chi connectivity index (χ1v) is 9.93. The van der Waals surface area contributed by atoms with Crippen LogP contribution in [0.1, 0.15) is 25.3 Å². The number of nitrogens with one attached hydrogen (secondary N) is 2. The fourth-order valence-corrected chi connectivity index (χ4v) is 3.64. The van der Waals surface area contributed by atoms with Crippen LogP contribution in [0.5, 0.6) is 0 Å². The molecule has 1 unspecified atom stereocenters. The van der Waals surface area contributed by atoms with Gasteiger partial charge in [-0.3, -0.25) is 4.79 Å². The number of alkyl halides is 3. The highest BCUT2D eigenvalue weighted by Crippen LogP contribution is 2.35. The van der Waals surface area contributed by atoms with Crippen LogP contribution in [-0.4, -0.2) is 29.9 Å². The zero-order valence-corrected chi connectivity index (χ0v) is 16.9. The van der Waals surface area contributed by atoms with Crippen LogP contribution in [0.2, 0.25) is 0 Å². The number of carbonyl (C=O) groups is 2. The molecule has 3 amide bonds. The van der Waals surface area contributed by atoms with Gasteiger partial charge < -0.3 is 15.5 Å². The van der Waals surface area contributed by atoms with E-state index in [9.17, 15) is 27.2 Å². The Morgan fingerprint density at radius 1 is 1.00 bits per heavy atom. The molecule has 0 bridgehead atoms. The number of rotatable bonds is 4. The second-order valence-corrected chi connectivity index (χ2v) is 7.58. The number of likely N-dealkylation sites (tertiary alicyclic amines) is 1. The average Bonchev–Trinajstić information content (AvgIpc) is 2.74. The summed E-state index contributed by atoms with van der Waals surface area (Å²) < 4.78 is 52.4. The molecule has 0 saturated carbocycles. The second kappa shape index (κ2) is 9.36. The molecule has 166 valence electrons. The van der Waals surface area contributed by atoms with Gasteiger partial charge in [-0.05, 0) is 55.2 Å². The van der Waals surface area contributed by atoms with E-state index in [1.54, 1.807) is 11.8 Å². The van der Waals surface area contributed by atoms with Crippen LogP contribution >= 0.6 is 0 Å². The molecule has 0 aliphatic carbocycles. The van der Waals surface area contributed by atoms with E-state index in [1.165, 1.54) is 42.5 Å². The highest BCUT2D eigenvalue weighted by Gasteiger charge is 2.35. The topological polar surface area (TPSA) is 61.4 Å². The number of anilines is 2. The first kappa shape index (κ1) is 22.6. The van der Waals surface area contributed by atoms with Crippen molar-refractivity contribution in [1.29, 1.82) is 0 Å². The van der Waals surface area contributed by atoms with Crippen molar-refractivity contribution < 1.29 is 27.2 Å². The summed E-state index contributed by atoms with van der Waals surface area (Å²) in [4.78, 5) is 26.5. The number of amides is 3. The van der Waals surface area contributed by atoms with Crippen molar-refractivity contribution >= 4 is 23.3 Å². The van der Waals surface area contributed by atoms with Crippen LogP contribution < -0.4 is 10.6 Å². The van der Waals surface area contributed by atoms with E-state index in [4.69, 9.17) is 0 Å². The van der Waals surface area contributed by atoms with E-state index >= 15 is 0 Å². The molecule has 1 atom stereocenters. The van der Waals surface area contributed by atoms with Crippen LogP contribution in [0.3, 0.4) is 0 Å². The summed E-state index contributed by atoms with van der Waals surface area (Å²) in [5.74, 6) is -1.45. The van der Waals surface area contributed by atoms with Gasteiger partial charge >= 0.3 is 12.2 Å². The third kappa shape index (κ3) is 5.74. The number of halogens is 4.